The van der Waals surface area contributed by atoms with Gasteiger partial charge in [-0.25, -0.2) is 0 Å². The molecule has 110 valence electrons. The second kappa shape index (κ2) is 5.65. The van der Waals surface area contributed by atoms with Crippen molar-refractivity contribution in [3.8, 4) is 0 Å². The van der Waals surface area contributed by atoms with Gasteiger partial charge in [-0.15, -0.1) is 0 Å². The van der Waals surface area contributed by atoms with Crippen molar-refractivity contribution >= 4 is 0 Å². The SMILES string of the molecule is CC(C)c1ccc([C@H]2O[C@H]2c2ccc(C(C)C)cc2)cc1. The van der Waals surface area contributed by atoms with E-state index in [2.05, 4.69) is 76.2 Å². The van der Waals surface area contributed by atoms with Gasteiger partial charge in [0.2, 0.25) is 0 Å². The van der Waals surface area contributed by atoms with Crippen LogP contribution in [0.5, 0.6) is 0 Å². The van der Waals surface area contributed by atoms with Gasteiger partial charge >= 0.3 is 0 Å². The zero-order chi connectivity index (χ0) is 15.0. The van der Waals surface area contributed by atoms with E-state index in [9.17, 15) is 0 Å². The summed E-state index contributed by atoms with van der Waals surface area (Å²) in [5, 5.41) is 0. The lowest BCUT2D eigenvalue weighted by molar-refractivity contribution is 0.377. The van der Waals surface area contributed by atoms with E-state index in [0.717, 1.165) is 0 Å². The first-order valence-electron chi connectivity index (χ1n) is 7.91. The molecule has 21 heavy (non-hydrogen) atoms. The summed E-state index contributed by atoms with van der Waals surface area (Å²) in [4.78, 5) is 0. The van der Waals surface area contributed by atoms with Crippen molar-refractivity contribution in [2.45, 2.75) is 51.7 Å². The zero-order valence-electron chi connectivity index (χ0n) is 13.3. The van der Waals surface area contributed by atoms with Gasteiger partial charge in [-0.1, -0.05) is 76.2 Å². The molecule has 0 radical (unpaired) electrons. The topological polar surface area (TPSA) is 12.5 Å². The normalized spacial score (nSPS) is 21.0. The molecule has 0 amide bonds. The Kier molecular flexibility index (Phi) is 3.86. The zero-order valence-corrected chi connectivity index (χ0v) is 13.3. The van der Waals surface area contributed by atoms with Crippen LogP contribution in [-0.4, -0.2) is 0 Å². The van der Waals surface area contributed by atoms with Gasteiger partial charge in [0.25, 0.3) is 0 Å². The van der Waals surface area contributed by atoms with E-state index in [-0.39, 0.29) is 12.2 Å². The predicted octanol–water partition coefficient (Wildman–Crippen LogP) is 5.75. The van der Waals surface area contributed by atoms with Crippen molar-refractivity contribution in [3.63, 3.8) is 0 Å². The first kappa shape index (κ1) is 14.3. The third-order valence-electron chi connectivity index (χ3n) is 4.35. The molecule has 1 aliphatic heterocycles. The summed E-state index contributed by atoms with van der Waals surface area (Å²) in [6, 6.07) is 17.7. The van der Waals surface area contributed by atoms with Gasteiger partial charge < -0.3 is 4.74 Å². The van der Waals surface area contributed by atoms with Gasteiger partial charge in [0.1, 0.15) is 12.2 Å². The molecule has 1 nitrogen and oxygen atoms in total. The molecule has 0 bridgehead atoms. The third kappa shape index (κ3) is 3.03. The molecule has 3 rings (SSSR count). The largest absolute Gasteiger partial charge is 0.359 e. The highest BCUT2D eigenvalue weighted by atomic mass is 16.6. The molecule has 2 aromatic rings. The third-order valence-corrected chi connectivity index (χ3v) is 4.35. The van der Waals surface area contributed by atoms with Crippen LogP contribution in [0.15, 0.2) is 48.5 Å². The van der Waals surface area contributed by atoms with Crippen molar-refractivity contribution in [1.82, 2.24) is 0 Å². The molecule has 1 heterocycles. The summed E-state index contributed by atoms with van der Waals surface area (Å²) in [5.41, 5.74) is 5.35. The number of ether oxygens (including phenoxy) is 1. The molecular weight excluding hydrogens is 256 g/mol. The number of epoxide rings is 1. The molecular formula is C20H24O. The average Bonchev–Trinajstić information content (AvgIpc) is 3.28. The molecule has 0 spiro atoms. The van der Waals surface area contributed by atoms with Gasteiger partial charge in [0.15, 0.2) is 0 Å². The first-order valence-corrected chi connectivity index (χ1v) is 7.91. The van der Waals surface area contributed by atoms with Gasteiger partial charge in [0.05, 0.1) is 0 Å². The molecule has 0 saturated carbocycles. The fraction of sp³-hybridized carbons (Fsp3) is 0.400. The minimum Gasteiger partial charge on any atom is -0.359 e. The Labute approximate surface area is 128 Å². The molecule has 0 aliphatic carbocycles. The Bertz CT molecular complexity index is 537. The lowest BCUT2D eigenvalue weighted by Crippen LogP contribution is -1.90. The van der Waals surface area contributed by atoms with Crippen LogP contribution in [0.25, 0.3) is 0 Å². The molecule has 1 saturated heterocycles. The van der Waals surface area contributed by atoms with E-state index in [0.29, 0.717) is 11.8 Å². The van der Waals surface area contributed by atoms with Crippen molar-refractivity contribution < 1.29 is 4.74 Å². The van der Waals surface area contributed by atoms with E-state index in [1.807, 2.05) is 0 Å². The Morgan fingerprint density at radius 3 is 1.24 bits per heavy atom. The molecule has 1 aliphatic rings. The summed E-state index contributed by atoms with van der Waals surface area (Å²) < 4.78 is 5.89. The minimum absolute atomic E-state index is 0.233. The number of rotatable bonds is 4. The van der Waals surface area contributed by atoms with Crippen molar-refractivity contribution in [3.05, 3.63) is 70.8 Å². The lowest BCUT2D eigenvalue weighted by atomic mass is 9.97. The predicted molar refractivity (Wildman–Crippen MR) is 87.6 cm³/mol. The van der Waals surface area contributed by atoms with E-state index in [4.69, 9.17) is 4.74 Å². The van der Waals surface area contributed by atoms with E-state index < -0.39 is 0 Å². The first-order chi connectivity index (χ1) is 10.1. The minimum atomic E-state index is 0.233. The maximum absolute atomic E-state index is 5.89. The second-order valence-corrected chi connectivity index (χ2v) is 6.62. The standard InChI is InChI=1S/C20H24O/c1-13(2)15-5-9-17(10-6-15)19-20(21-19)18-11-7-16(8-12-18)14(3)4/h5-14,19-20H,1-4H3/t19-,20+. The van der Waals surface area contributed by atoms with E-state index in [1.54, 1.807) is 0 Å². The highest BCUT2D eigenvalue weighted by Gasteiger charge is 2.41. The second-order valence-electron chi connectivity index (χ2n) is 6.62. The maximum Gasteiger partial charge on any atom is 0.114 e. The van der Waals surface area contributed by atoms with E-state index >= 15 is 0 Å². The summed E-state index contributed by atoms with van der Waals surface area (Å²) in [6.45, 7) is 8.90. The van der Waals surface area contributed by atoms with E-state index in [1.165, 1.54) is 22.3 Å². The van der Waals surface area contributed by atoms with Crippen molar-refractivity contribution in [2.24, 2.45) is 0 Å². The van der Waals surface area contributed by atoms with Crippen molar-refractivity contribution in [1.29, 1.82) is 0 Å². The van der Waals surface area contributed by atoms with Crippen LogP contribution >= 0.6 is 0 Å². The fourth-order valence-corrected chi connectivity index (χ4v) is 2.76. The van der Waals surface area contributed by atoms with Crippen LogP contribution in [-0.2, 0) is 4.74 Å². The highest BCUT2D eigenvalue weighted by Crippen LogP contribution is 2.51. The fourth-order valence-electron chi connectivity index (χ4n) is 2.76. The van der Waals surface area contributed by atoms with Gasteiger partial charge in [0, 0.05) is 0 Å². The smallest absolute Gasteiger partial charge is 0.114 e. The molecule has 1 fully saturated rings. The molecule has 0 N–H and O–H groups in total. The maximum atomic E-state index is 5.89. The van der Waals surface area contributed by atoms with Gasteiger partial charge in [-0.05, 0) is 34.1 Å². The summed E-state index contributed by atoms with van der Waals surface area (Å²) in [6.07, 6.45) is 0.465. The van der Waals surface area contributed by atoms with Gasteiger partial charge in [-0.3, -0.25) is 0 Å². The van der Waals surface area contributed by atoms with Crippen LogP contribution < -0.4 is 0 Å². The lowest BCUT2D eigenvalue weighted by Gasteiger charge is -2.06. The Morgan fingerprint density at radius 2 is 0.952 bits per heavy atom. The van der Waals surface area contributed by atoms with Crippen molar-refractivity contribution in [2.75, 3.05) is 0 Å². The molecule has 2 aromatic carbocycles. The van der Waals surface area contributed by atoms with Gasteiger partial charge in [-0.2, -0.15) is 0 Å². The Morgan fingerprint density at radius 1 is 0.619 bits per heavy atom. The Hall–Kier alpha value is -1.60. The highest BCUT2D eigenvalue weighted by molar-refractivity contribution is 5.34. The monoisotopic (exact) mass is 280 g/mol. The molecule has 1 heteroatoms. The summed E-state index contributed by atoms with van der Waals surface area (Å²) in [7, 11) is 0. The Balaban J connectivity index is 1.70. The number of benzene rings is 2. The van der Waals surface area contributed by atoms with Crippen LogP contribution in [0, 0.1) is 0 Å². The van der Waals surface area contributed by atoms with Crippen LogP contribution in [0.4, 0.5) is 0 Å². The molecule has 0 unspecified atom stereocenters. The number of hydrogen-bond donors (Lipinski definition) is 0. The quantitative estimate of drug-likeness (QED) is 0.650. The average molecular weight is 280 g/mol. The summed E-state index contributed by atoms with van der Waals surface area (Å²) >= 11 is 0. The van der Waals surface area contributed by atoms with Crippen LogP contribution in [0.1, 0.15) is 74.0 Å². The molecule has 0 aromatic heterocycles. The molecule has 2 atom stereocenters. The number of hydrogen-bond acceptors (Lipinski definition) is 1. The van der Waals surface area contributed by atoms with Crippen LogP contribution in [0.2, 0.25) is 0 Å². The van der Waals surface area contributed by atoms with Crippen LogP contribution in [0.3, 0.4) is 0 Å². The summed E-state index contributed by atoms with van der Waals surface area (Å²) in [5.74, 6) is 1.16.